The molecule has 0 unspecified atom stereocenters. The van der Waals surface area contributed by atoms with Gasteiger partial charge in [0.25, 0.3) is 10.0 Å². The minimum absolute atomic E-state index is 0.0819. The molecule has 1 N–H and O–H groups in total. The van der Waals surface area contributed by atoms with E-state index in [9.17, 15) is 22.4 Å². The van der Waals surface area contributed by atoms with Crippen molar-refractivity contribution in [2.75, 3.05) is 10.8 Å². The summed E-state index contributed by atoms with van der Waals surface area (Å²) in [7, 11) is -4.24. The first-order chi connectivity index (χ1) is 18.0. The van der Waals surface area contributed by atoms with E-state index in [1.165, 1.54) is 17.0 Å². The van der Waals surface area contributed by atoms with Gasteiger partial charge in [-0.3, -0.25) is 13.9 Å². The number of hydrogen-bond donors (Lipinski definition) is 1. The molecule has 0 saturated carbocycles. The van der Waals surface area contributed by atoms with Gasteiger partial charge in [-0.1, -0.05) is 55.0 Å². The number of sulfonamides is 1. The van der Waals surface area contributed by atoms with Gasteiger partial charge in [-0.25, -0.2) is 12.8 Å². The normalized spacial score (nSPS) is 12.9. The van der Waals surface area contributed by atoms with Crippen LogP contribution in [0.1, 0.15) is 38.3 Å². The average Bonchev–Trinajstić information content (AvgIpc) is 2.91. The Balaban J connectivity index is 2.00. The number of amides is 2. The van der Waals surface area contributed by atoms with E-state index < -0.39 is 34.3 Å². The van der Waals surface area contributed by atoms with Crippen LogP contribution in [-0.4, -0.2) is 43.8 Å². The molecule has 0 heterocycles. The van der Waals surface area contributed by atoms with Gasteiger partial charge in [-0.05, 0) is 69.2 Å². The third kappa shape index (κ3) is 7.19. The van der Waals surface area contributed by atoms with Crippen LogP contribution in [0.2, 0.25) is 0 Å². The summed E-state index contributed by atoms with van der Waals surface area (Å²) in [5.41, 5.74) is 2.00. The van der Waals surface area contributed by atoms with Crippen LogP contribution in [0.5, 0.6) is 0 Å². The van der Waals surface area contributed by atoms with Gasteiger partial charge in [-0.15, -0.1) is 0 Å². The van der Waals surface area contributed by atoms with Gasteiger partial charge in [-0.2, -0.15) is 0 Å². The van der Waals surface area contributed by atoms with E-state index >= 15 is 0 Å². The summed E-state index contributed by atoms with van der Waals surface area (Å²) in [5.74, 6) is -1.45. The van der Waals surface area contributed by atoms with Gasteiger partial charge in [0.15, 0.2) is 0 Å². The number of rotatable bonds is 11. The van der Waals surface area contributed by atoms with Crippen molar-refractivity contribution in [3.63, 3.8) is 0 Å². The first kappa shape index (κ1) is 28.8. The van der Waals surface area contributed by atoms with Gasteiger partial charge in [0.2, 0.25) is 11.8 Å². The Bertz CT molecular complexity index is 1330. The van der Waals surface area contributed by atoms with Gasteiger partial charge in [0, 0.05) is 12.6 Å². The Morgan fingerprint density at radius 3 is 2.11 bits per heavy atom. The molecular formula is C29H34FN3O4S. The fourth-order valence-electron chi connectivity index (χ4n) is 3.80. The molecule has 0 saturated heterocycles. The molecule has 0 aromatic heterocycles. The predicted molar refractivity (Wildman–Crippen MR) is 146 cm³/mol. The highest BCUT2D eigenvalue weighted by atomic mass is 32.2. The lowest BCUT2D eigenvalue weighted by Crippen LogP contribution is -2.52. The number of halogens is 1. The van der Waals surface area contributed by atoms with Crippen LogP contribution in [0.25, 0.3) is 0 Å². The fourth-order valence-corrected chi connectivity index (χ4v) is 5.22. The van der Waals surface area contributed by atoms with Crippen LogP contribution >= 0.6 is 0 Å². The Morgan fingerprint density at radius 2 is 1.53 bits per heavy atom. The molecule has 2 amide bonds. The van der Waals surface area contributed by atoms with Crippen LogP contribution < -0.4 is 9.62 Å². The van der Waals surface area contributed by atoms with Crippen molar-refractivity contribution in [2.24, 2.45) is 0 Å². The fraction of sp³-hybridized carbons (Fsp3) is 0.310. The number of hydrogen-bond acceptors (Lipinski definition) is 4. The molecule has 0 radical (unpaired) electrons. The second-order valence-corrected chi connectivity index (χ2v) is 11.2. The van der Waals surface area contributed by atoms with Crippen molar-refractivity contribution < 1.29 is 22.4 Å². The minimum atomic E-state index is -4.24. The SMILES string of the molecule is CC[C@@H](C)NC(=O)[C@H](C)N(Cc1ccccc1)C(=O)CN(c1ccc(C)cc1)S(=O)(=O)c1ccc(F)cc1. The zero-order valence-corrected chi connectivity index (χ0v) is 22.9. The minimum Gasteiger partial charge on any atom is -0.352 e. The van der Waals surface area contributed by atoms with E-state index in [-0.39, 0.29) is 29.1 Å². The molecule has 2 atom stereocenters. The number of nitrogens with zero attached hydrogens (tertiary/aromatic N) is 2. The second kappa shape index (κ2) is 12.7. The number of carbonyl (C=O) groups excluding carboxylic acids is 2. The summed E-state index contributed by atoms with van der Waals surface area (Å²) >= 11 is 0. The topological polar surface area (TPSA) is 86.8 Å². The maximum atomic E-state index is 13.8. The summed E-state index contributed by atoms with van der Waals surface area (Å²) in [6, 6.07) is 19.4. The van der Waals surface area contributed by atoms with Gasteiger partial charge < -0.3 is 10.2 Å². The molecule has 9 heteroatoms. The lowest BCUT2D eigenvalue weighted by atomic mass is 10.1. The third-order valence-electron chi connectivity index (χ3n) is 6.37. The van der Waals surface area contributed by atoms with E-state index in [0.717, 1.165) is 34.0 Å². The Morgan fingerprint density at radius 1 is 0.921 bits per heavy atom. The molecule has 3 rings (SSSR count). The van der Waals surface area contributed by atoms with Crippen LogP contribution in [0.15, 0.2) is 83.8 Å². The number of nitrogens with one attached hydrogen (secondary N) is 1. The second-order valence-electron chi connectivity index (χ2n) is 9.30. The molecule has 0 aliphatic heterocycles. The smallest absolute Gasteiger partial charge is 0.264 e. The molecule has 0 bridgehead atoms. The lowest BCUT2D eigenvalue weighted by Gasteiger charge is -2.32. The molecule has 3 aromatic rings. The van der Waals surface area contributed by atoms with Crippen molar-refractivity contribution in [3.8, 4) is 0 Å². The molecule has 0 aliphatic carbocycles. The molecule has 38 heavy (non-hydrogen) atoms. The highest BCUT2D eigenvalue weighted by Gasteiger charge is 2.32. The first-order valence-electron chi connectivity index (χ1n) is 12.5. The summed E-state index contributed by atoms with van der Waals surface area (Å²) in [5, 5.41) is 2.90. The summed E-state index contributed by atoms with van der Waals surface area (Å²) in [6.07, 6.45) is 0.724. The number of aryl methyl sites for hydroxylation is 1. The quantitative estimate of drug-likeness (QED) is 0.384. The summed E-state index contributed by atoms with van der Waals surface area (Å²) < 4.78 is 41.9. The molecule has 202 valence electrons. The molecule has 0 spiro atoms. The van der Waals surface area contributed by atoms with E-state index in [1.807, 2.05) is 51.1 Å². The maximum absolute atomic E-state index is 13.8. The first-order valence-corrected chi connectivity index (χ1v) is 14.0. The highest BCUT2D eigenvalue weighted by molar-refractivity contribution is 7.92. The van der Waals surface area contributed by atoms with Crippen LogP contribution in [0, 0.1) is 12.7 Å². The third-order valence-corrected chi connectivity index (χ3v) is 8.15. The van der Waals surface area contributed by atoms with Crippen LogP contribution in [-0.2, 0) is 26.2 Å². The maximum Gasteiger partial charge on any atom is 0.264 e. The predicted octanol–water partition coefficient (Wildman–Crippen LogP) is 4.66. The molecule has 3 aromatic carbocycles. The van der Waals surface area contributed by atoms with Crippen molar-refractivity contribution in [3.05, 3.63) is 95.8 Å². The highest BCUT2D eigenvalue weighted by Crippen LogP contribution is 2.25. The van der Waals surface area contributed by atoms with Crippen molar-refractivity contribution in [1.82, 2.24) is 10.2 Å². The Labute approximate surface area is 224 Å². The van der Waals surface area contributed by atoms with Crippen molar-refractivity contribution in [2.45, 2.75) is 57.6 Å². The Kier molecular flexibility index (Phi) is 9.63. The monoisotopic (exact) mass is 539 g/mol. The molecule has 7 nitrogen and oxygen atoms in total. The molecular weight excluding hydrogens is 505 g/mol. The van der Waals surface area contributed by atoms with E-state index in [1.54, 1.807) is 31.2 Å². The standard InChI is InChI=1S/C29H34FN3O4S/c1-5-22(3)31-29(35)23(4)32(19-24-9-7-6-8-10-24)28(34)20-33(26-15-11-21(2)12-16-26)38(36,37)27-17-13-25(30)14-18-27/h6-18,22-23H,5,19-20H2,1-4H3,(H,31,35)/t22-,23+/m1/s1. The zero-order valence-electron chi connectivity index (χ0n) is 22.1. The summed E-state index contributed by atoms with van der Waals surface area (Å²) in [6.45, 7) is 6.89. The molecule has 0 fully saturated rings. The van der Waals surface area contributed by atoms with Crippen molar-refractivity contribution in [1.29, 1.82) is 0 Å². The van der Waals surface area contributed by atoms with Crippen LogP contribution in [0.4, 0.5) is 10.1 Å². The number of benzene rings is 3. The zero-order chi connectivity index (χ0) is 27.9. The van der Waals surface area contributed by atoms with Crippen LogP contribution in [0.3, 0.4) is 0 Å². The number of carbonyl (C=O) groups is 2. The summed E-state index contributed by atoms with van der Waals surface area (Å²) in [4.78, 5) is 28.1. The van der Waals surface area contributed by atoms with Gasteiger partial charge in [0.1, 0.15) is 18.4 Å². The largest absolute Gasteiger partial charge is 0.352 e. The van der Waals surface area contributed by atoms with E-state index in [0.29, 0.717) is 0 Å². The Hall–Kier alpha value is -3.72. The van der Waals surface area contributed by atoms with Gasteiger partial charge >= 0.3 is 0 Å². The van der Waals surface area contributed by atoms with E-state index in [2.05, 4.69) is 5.32 Å². The van der Waals surface area contributed by atoms with E-state index in [4.69, 9.17) is 0 Å². The molecule has 0 aliphatic rings. The van der Waals surface area contributed by atoms with Gasteiger partial charge in [0.05, 0.1) is 10.6 Å². The lowest BCUT2D eigenvalue weighted by molar-refractivity contribution is -0.139. The van der Waals surface area contributed by atoms with Crippen molar-refractivity contribution >= 4 is 27.5 Å². The average molecular weight is 540 g/mol. The number of anilines is 1.